The van der Waals surface area contributed by atoms with Crippen molar-refractivity contribution < 1.29 is 14.0 Å². The Morgan fingerprint density at radius 1 is 1.35 bits per heavy atom. The summed E-state index contributed by atoms with van der Waals surface area (Å²) in [5.41, 5.74) is 2.58. The van der Waals surface area contributed by atoms with Crippen molar-refractivity contribution in [2.45, 2.75) is 25.1 Å². The summed E-state index contributed by atoms with van der Waals surface area (Å²) < 4.78 is 15.7. The van der Waals surface area contributed by atoms with Crippen LogP contribution in [0.2, 0.25) is 0 Å². The highest BCUT2D eigenvalue weighted by molar-refractivity contribution is 5.31. The largest absolute Gasteiger partial charge is 0.377 e. The Morgan fingerprint density at radius 2 is 2.13 bits per heavy atom. The first-order valence-electron chi connectivity index (χ1n) is 7.48. The normalized spacial score (nSPS) is 15.8. The van der Waals surface area contributed by atoms with Gasteiger partial charge in [0.1, 0.15) is 6.61 Å². The lowest BCUT2D eigenvalue weighted by Gasteiger charge is -2.42. The van der Waals surface area contributed by atoms with E-state index in [-0.39, 0.29) is 5.54 Å². The number of benzene rings is 1. The minimum absolute atomic E-state index is 0.116. The number of hydrogen-bond donors (Lipinski definition) is 1. The van der Waals surface area contributed by atoms with Crippen molar-refractivity contribution in [1.82, 2.24) is 10.5 Å². The molecule has 0 saturated carbocycles. The molecule has 2 aromatic rings. The van der Waals surface area contributed by atoms with E-state index in [1.54, 1.807) is 7.11 Å². The lowest BCUT2D eigenvalue weighted by molar-refractivity contribution is -0.0755. The van der Waals surface area contributed by atoms with Gasteiger partial charge in [-0.1, -0.05) is 17.3 Å². The van der Waals surface area contributed by atoms with Gasteiger partial charge in [-0.25, -0.2) is 0 Å². The van der Waals surface area contributed by atoms with Gasteiger partial charge in [0.2, 0.25) is 0 Å². The van der Waals surface area contributed by atoms with Gasteiger partial charge < -0.3 is 19.3 Å². The molecule has 1 aromatic carbocycles. The summed E-state index contributed by atoms with van der Waals surface area (Å²) >= 11 is 0. The van der Waals surface area contributed by atoms with Crippen LogP contribution in [0.3, 0.4) is 0 Å². The highest BCUT2D eigenvalue weighted by atomic mass is 16.5. The first-order valence-corrected chi connectivity index (χ1v) is 7.48. The second kappa shape index (κ2) is 6.92. The Hall–Kier alpha value is -2.20. The minimum Gasteiger partial charge on any atom is -0.377 e. The van der Waals surface area contributed by atoms with Crippen LogP contribution in [0, 0.1) is 11.3 Å². The molecule has 0 aliphatic carbocycles. The van der Waals surface area contributed by atoms with Crippen LogP contribution in [-0.4, -0.2) is 31.0 Å². The molecule has 2 heterocycles. The maximum Gasteiger partial charge on any atom is 0.162 e. The first kappa shape index (κ1) is 15.7. The second-order valence-electron chi connectivity index (χ2n) is 5.83. The van der Waals surface area contributed by atoms with Gasteiger partial charge in [-0.3, -0.25) is 0 Å². The van der Waals surface area contributed by atoms with Gasteiger partial charge >= 0.3 is 0 Å². The average molecular weight is 313 g/mol. The van der Waals surface area contributed by atoms with Crippen molar-refractivity contribution in [1.29, 1.82) is 5.26 Å². The van der Waals surface area contributed by atoms with Gasteiger partial charge in [-0.15, -0.1) is 0 Å². The van der Waals surface area contributed by atoms with Crippen LogP contribution in [0.4, 0.5) is 0 Å². The molecule has 3 rings (SSSR count). The molecule has 0 bridgehead atoms. The SMILES string of the molecule is COCc1cc(CC2(NCc3ccc(C#N)cc3)COC2)no1. The van der Waals surface area contributed by atoms with Crippen LogP contribution >= 0.6 is 0 Å². The van der Waals surface area contributed by atoms with Gasteiger partial charge in [-0.05, 0) is 17.7 Å². The Balaban J connectivity index is 1.60. The fraction of sp³-hybridized carbons (Fsp3) is 0.412. The molecule has 0 atom stereocenters. The Bertz CT molecular complexity index is 684. The van der Waals surface area contributed by atoms with E-state index < -0.39 is 0 Å². The average Bonchev–Trinajstić information content (AvgIpc) is 2.98. The molecule has 1 aliphatic heterocycles. The molecule has 120 valence electrons. The van der Waals surface area contributed by atoms with Crippen molar-refractivity contribution in [2.24, 2.45) is 0 Å². The van der Waals surface area contributed by atoms with Crippen LogP contribution in [0.15, 0.2) is 34.9 Å². The number of nitriles is 1. The lowest BCUT2D eigenvalue weighted by atomic mass is 9.91. The molecule has 0 unspecified atom stereocenters. The lowest BCUT2D eigenvalue weighted by Crippen LogP contribution is -2.61. The number of aromatic nitrogens is 1. The van der Waals surface area contributed by atoms with Crippen molar-refractivity contribution >= 4 is 0 Å². The first-order chi connectivity index (χ1) is 11.2. The van der Waals surface area contributed by atoms with Crippen LogP contribution in [0.5, 0.6) is 0 Å². The van der Waals surface area contributed by atoms with Crippen LogP contribution in [0.1, 0.15) is 22.6 Å². The fourth-order valence-corrected chi connectivity index (χ4v) is 2.60. The van der Waals surface area contributed by atoms with E-state index in [4.69, 9.17) is 19.3 Å². The summed E-state index contributed by atoms with van der Waals surface area (Å²) in [4.78, 5) is 0. The number of nitrogens with one attached hydrogen (secondary N) is 1. The number of hydrogen-bond acceptors (Lipinski definition) is 6. The summed E-state index contributed by atoms with van der Waals surface area (Å²) in [6.45, 7) is 2.44. The van der Waals surface area contributed by atoms with E-state index in [1.807, 2.05) is 30.3 Å². The molecule has 0 amide bonds. The van der Waals surface area contributed by atoms with E-state index in [9.17, 15) is 0 Å². The van der Waals surface area contributed by atoms with Crippen molar-refractivity contribution in [3.8, 4) is 6.07 Å². The highest BCUT2D eigenvalue weighted by Gasteiger charge is 2.39. The standard InChI is InChI=1S/C17H19N3O3/c1-21-10-16-6-15(20-23-16)7-17(11-22-12-17)19-9-14-4-2-13(8-18)3-5-14/h2-6,19H,7,9-12H2,1H3. The maximum absolute atomic E-state index is 8.83. The molecule has 6 heteroatoms. The molecule has 1 N–H and O–H groups in total. The minimum atomic E-state index is -0.116. The fourth-order valence-electron chi connectivity index (χ4n) is 2.60. The monoisotopic (exact) mass is 313 g/mol. The van der Waals surface area contributed by atoms with Crippen molar-refractivity contribution in [3.63, 3.8) is 0 Å². The zero-order valence-corrected chi connectivity index (χ0v) is 13.0. The summed E-state index contributed by atoms with van der Waals surface area (Å²) in [5.74, 6) is 0.727. The Kier molecular flexibility index (Phi) is 4.72. The van der Waals surface area contributed by atoms with Gasteiger partial charge in [0.05, 0.1) is 36.1 Å². The van der Waals surface area contributed by atoms with Crippen LogP contribution in [0.25, 0.3) is 0 Å². The van der Waals surface area contributed by atoms with Gasteiger partial charge in [0.15, 0.2) is 5.76 Å². The van der Waals surface area contributed by atoms with Crippen LogP contribution in [-0.2, 0) is 29.0 Å². The van der Waals surface area contributed by atoms with Gasteiger partial charge in [0.25, 0.3) is 0 Å². The number of nitrogens with zero attached hydrogens (tertiary/aromatic N) is 2. The van der Waals surface area contributed by atoms with Gasteiger partial charge in [0, 0.05) is 26.1 Å². The van der Waals surface area contributed by atoms with Gasteiger partial charge in [-0.2, -0.15) is 5.26 Å². The Morgan fingerprint density at radius 3 is 2.74 bits per heavy atom. The van der Waals surface area contributed by atoms with E-state index in [2.05, 4.69) is 16.5 Å². The predicted octanol–water partition coefficient (Wildman–Crippen LogP) is 1.79. The second-order valence-corrected chi connectivity index (χ2v) is 5.83. The number of methoxy groups -OCH3 is 1. The van der Waals surface area contributed by atoms with E-state index in [0.29, 0.717) is 25.4 Å². The molecular formula is C17H19N3O3. The summed E-state index contributed by atoms with van der Waals surface area (Å²) in [6, 6.07) is 11.6. The molecule has 23 heavy (non-hydrogen) atoms. The van der Waals surface area contributed by atoms with E-state index in [0.717, 1.165) is 30.0 Å². The topological polar surface area (TPSA) is 80.3 Å². The molecule has 1 aliphatic rings. The predicted molar refractivity (Wildman–Crippen MR) is 82.5 cm³/mol. The van der Waals surface area contributed by atoms with Crippen LogP contribution < -0.4 is 5.32 Å². The zero-order chi connectivity index (χ0) is 16.1. The smallest absolute Gasteiger partial charge is 0.162 e. The molecule has 0 radical (unpaired) electrons. The molecule has 1 aromatic heterocycles. The quantitative estimate of drug-likeness (QED) is 0.839. The summed E-state index contributed by atoms with van der Waals surface area (Å²) in [5, 5.41) is 16.5. The third-order valence-corrected chi connectivity index (χ3v) is 3.92. The van der Waals surface area contributed by atoms with Crippen molar-refractivity contribution in [3.05, 3.63) is 52.9 Å². The maximum atomic E-state index is 8.83. The zero-order valence-electron chi connectivity index (χ0n) is 13.0. The van der Waals surface area contributed by atoms with E-state index in [1.165, 1.54) is 0 Å². The molecule has 6 nitrogen and oxygen atoms in total. The number of rotatable bonds is 7. The molecule has 1 fully saturated rings. The summed E-state index contributed by atoms with van der Waals surface area (Å²) in [7, 11) is 1.63. The molecule has 0 spiro atoms. The Labute approximate surface area is 135 Å². The molecule has 1 saturated heterocycles. The third kappa shape index (κ3) is 3.77. The summed E-state index contributed by atoms with van der Waals surface area (Å²) in [6.07, 6.45) is 0.747. The van der Waals surface area contributed by atoms with Crippen molar-refractivity contribution in [2.75, 3.05) is 20.3 Å². The molecular weight excluding hydrogens is 294 g/mol. The highest BCUT2D eigenvalue weighted by Crippen LogP contribution is 2.23. The van der Waals surface area contributed by atoms with E-state index >= 15 is 0 Å². The number of ether oxygens (including phenoxy) is 2. The third-order valence-electron chi connectivity index (χ3n) is 3.92.